The second-order valence-corrected chi connectivity index (χ2v) is 10.1. The summed E-state index contributed by atoms with van der Waals surface area (Å²) >= 11 is 8.21. The maximum absolute atomic E-state index is 11.5. The van der Waals surface area contributed by atoms with Gasteiger partial charge in [0.2, 0.25) is 0 Å². The fourth-order valence-corrected chi connectivity index (χ4v) is 5.29. The minimum atomic E-state index is -0.842. The summed E-state index contributed by atoms with van der Waals surface area (Å²) in [7, 11) is 0. The second-order valence-electron chi connectivity index (χ2n) is 8.95. The third-order valence-corrected chi connectivity index (χ3v) is 7.32. The number of carboxylic acids is 1. The van der Waals surface area contributed by atoms with Crippen LogP contribution in [0, 0.1) is 5.92 Å². The molecular weight excluding hydrogens is 498 g/mol. The Morgan fingerprint density at radius 2 is 1.92 bits per heavy atom. The number of halogens is 1. The van der Waals surface area contributed by atoms with E-state index < -0.39 is 12.0 Å². The molecule has 1 aromatic heterocycles. The van der Waals surface area contributed by atoms with Gasteiger partial charge >= 0.3 is 5.97 Å². The van der Waals surface area contributed by atoms with Crippen LogP contribution in [-0.4, -0.2) is 34.7 Å². The molecule has 0 bridgehead atoms. The molecule has 1 atom stereocenters. The minimum Gasteiger partial charge on any atom is -0.486 e. The largest absolute Gasteiger partial charge is 0.486 e. The number of rotatable bonds is 8. The van der Waals surface area contributed by atoms with Crippen molar-refractivity contribution in [2.24, 2.45) is 5.92 Å². The number of aliphatic carboxylic acids is 1. The second kappa shape index (κ2) is 10.3. The Kier molecular flexibility index (Phi) is 7.00. The Morgan fingerprint density at radius 3 is 2.69 bits per heavy atom. The maximum Gasteiger partial charge on any atom is 0.320 e. The van der Waals surface area contributed by atoms with Crippen LogP contribution in [0.2, 0.25) is 5.02 Å². The molecule has 3 N–H and O–H groups in total. The zero-order chi connectivity index (χ0) is 25.2. The number of carboxylic acid groups (broad SMARTS) is 1. The number of nitrogens with zero attached hydrogens (tertiary/aromatic N) is 1. The molecule has 0 aliphatic carbocycles. The minimum absolute atomic E-state index is 0.00638. The van der Waals surface area contributed by atoms with Crippen LogP contribution in [-0.2, 0) is 11.3 Å². The Bertz CT molecular complexity index is 1420. The molecule has 1 aliphatic heterocycles. The summed E-state index contributed by atoms with van der Waals surface area (Å²) in [6, 6.07) is 17.1. The molecule has 36 heavy (non-hydrogen) atoms. The standard InChI is InChI=1S/C27H26ClN3O4S/c1-15(2)25(27(32)33)29-14-16-6-8-19-23(12-16)36-31-26(19)30-20-5-3-4-18(24(20)28)17-7-9-21-22(13-17)35-11-10-34-21/h3-9,12-13,15,25,29H,10-11,14H2,1-2H3,(H,30,31)(H,32,33)/t25-/m0/s1. The first-order chi connectivity index (χ1) is 17.4. The first kappa shape index (κ1) is 24.4. The van der Waals surface area contributed by atoms with Crippen molar-refractivity contribution in [1.82, 2.24) is 9.69 Å². The first-order valence-electron chi connectivity index (χ1n) is 11.7. The van der Waals surface area contributed by atoms with Gasteiger partial charge in [-0.05, 0) is 58.9 Å². The van der Waals surface area contributed by atoms with Crippen molar-refractivity contribution in [3.63, 3.8) is 0 Å². The molecule has 186 valence electrons. The number of hydrogen-bond donors (Lipinski definition) is 3. The molecule has 1 aliphatic rings. The van der Waals surface area contributed by atoms with Gasteiger partial charge < -0.3 is 25.2 Å². The number of anilines is 2. The van der Waals surface area contributed by atoms with Crippen molar-refractivity contribution in [2.45, 2.75) is 26.4 Å². The summed E-state index contributed by atoms with van der Waals surface area (Å²) in [5, 5.41) is 17.5. The molecule has 7 nitrogen and oxygen atoms in total. The van der Waals surface area contributed by atoms with Gasteiger partial charge in [0, 0.05) is 17.5 Å². The van der Waals surface area contributed by atoms with Crippen LogP contribution < -0.4 is 20.1 Å². The van der Waals surface area contributed by atoms with E-state index in [1.807, 2.05) is 68.4 Å². The number of carbonyl (C=O) groups is 1. The van der Waals surface area contributed by atoms with E-state index in [0.717, 1.165) is 44.0 Å². The molecule has 5 rings (SSSR count). The SMILES string of the molecule is CC(C)[C@H](NCc1ccc2c(Nc3cccc(-c4ccc5c(c4)OCCO5)c3Cl)nsc2c1)C(=O)O. The fourth-order valence-electron chi connectivity index (χ4n) is 4.21. The molecule has 0 fully saturated rings. The topological polar surface area (TPSA) is 92.7 Å². The van der Waals surface area contributed by atoms with E-state index in [4.69, 9.17) is 21.1 Å². The van der Waals surface area contributed by atoms with Gasteiger partial charge in [-0.1, -0.05) is 49.7 Å². The molecule has 4 aromatic rings. The lowest BCUT2D eigenvalue weighted by atomic mass is 10.0. The van der Waals surface area contributed by atoms with E-state index in [1.165, 1.54) is 11.5 Å². The highest BCUT2D eigenvalue weighted by Crippen LogP contribution is 2.40. The van der Waals surface area contributed by atoms with Crippen LogP contribution in [0.15, 0.2) is 54.6 Å². The molecule has 0 radical (unpaired) electrons. The summed E-state index contributed by atoms with van der Waals surface area (Å²) in [4.78, 5) is 11.5. The summed E-state index contributed by atoms with van der Waals surface area (Å²) in [5.74, 6) is 1.33. The van der Waals surface area contributed by atoms with Gasteiger partial charge in [0.05, 0.1) is 15.4 Å². The first-order valence-corrected chi connectivity index (χ1v) is 12.9. The van der Waals surface area contributed by atoms with E-state index in [9.17, 15) is 9.90 Å². The zero-order valence-corrected chi connectivity index (χ0v) is 21.4. The molecule has 3 aromatic carbocycles. The highest BCUT2D eigenvalue weighted by molar-refractivity contribution is 7.13. The Morgan fingerprint density at radius 1 is 1.11 bits per heavy atom. The lowest BCUT2D eigenvalue weighted by Gasteiger charge is -2.19. The number of fused-ring (bicyclic) bond motifs is 2. The highest BCUT2D eigenvalue weighted by Gasteiger charge is 2.21. The van der Waals surface area contributed by atoms with Gasteiger partial charge in [0.25, 0.3) is 0 Å². The molecule has 0 unspecified atom stereocenters. The molecule has 0 amide bonds. The van der Waals surface area contributed by atoms with Crippen molar-refractivity contribution in [3.8, 4) is 22.6 Å². The van der Waals surface area contributed by atoms with Crippen molar-refractivity contribution in [1.29, 1.82) is 0 Å². The third-order valence-electron chi connectivity index (χ3n) is 6.10. The summed E-state index contributed by atoms with van der Waals surface area (Å²) in [6.45, 7) is 5.33. The number of benzene rings is 3. The fraction of sp³-hybridized carbons (Fsp3) is 0.259. The van der Waals surface area contributed by atoms with E-state index in [1.54, 1.807) is 0 Å². The van der Waals surface area contributed by atoms with Crippen molar-refractivity contribution < 1.29 is 19.4 Å². The van der Waals surface area contributed by atoms with Crippen LogP contribution in [0.1, 0.15) is 19.4 Å². The number of aromatic nitrogens is 1. The van der Waals surface area contributed by atoms with Gasteiger partial charge in [0.15, 0.2) is 17.3 Å². The van der Waals surface area contributed by atoms with Crippen LogP contribution in [0.4, 0.5) is 11.5 Å². The van der Waals surface area contributed by atoms with Crippen molar-refractivity contribution >= 4 is 50.7 Å². The van der Waals surface area contributed by atoms with Gasteiger partial charge in [0.1, 0.15) is 19.3 Å². The quantitative estimate of drug-likeness (QED) is 0.248. The highest BCUT2D eigenvalue weighted by atomic mass is 35.5. The monoisotopic (exact) mass is 523 g/mol. The molecule has 0 spiro atoms. The summed E-state index contributed by atoms with van der Waals surface area (Å²) in [5.41, 5.74) is 3.57. The Balaban J connectivity index is 1.36. The number of ether oxygens (including phenoxy) is 2. The smallest absolute Gasteiger partial charge is 0.320 e. The normalized spacial score (nSPS) is 13.7. The van der Waals surface area contributed by atoms with Gasteiger partial charge in [-0.15, -0.1) is 0 Å². The third kappa shape index (κ3) is 4.97. The van der Waals surface area contributed by atoms with Gasteiger partial charge in [-0.25, -0.2) is 0 Å². The lowest BCUT2D eigenvalue weighted by Crippen LogP contribution is -2.40. The lowest BCUT2D eigenvalue weighted by molar-refractivity contribution is -0.140. The maximum atomic E-state index is 11.5. The predicted molar refractivity (Wildman–Crippen MR) is 144 cm³/mol. The zero-order valence-electron chi connectivity index (χ0n) is 19.9. The van der Waals surface area contributed by atoms with Gasteiger partial charge in [-0.2, -0.15) is 4.37 Å². The van der Waals surface area contributed by atoms with Crippen molar-refractivity contribution in [2.75, 3.05) is 18.5 Å². The number of nitrogens with one attached hydrogen (secondary N) is 2. The molecule has 2 heterocycles. The van der Waals surface area contributed by atoms with Crippen LogP contribution in [0.3, 0.4) is 0 Å². The molecule has 0 saturated heterocycles. The number of hydrogen-bond acceptors (Lipinski definition) is 7. The van der Waals surface area contributed by atoms with Gasteiger partial charge in [-0.3, -0.25) is 4.79 Å². The van der Waals surface area contributed by atoms with Crippen LogP contribution in [0.25, 0.3) is 21.2 Å². The van der Waals surface area contributed by atoms with Crippen molar-refractivity contribution in [3.05, 3.63) is 65.2 Å². The summed E-state index contributed by atoms with van der Waals surface area (Å²) in [6.07, 6.45) is 0. The molecule has 0 saturated carbocycles. The average Bonchev–Trinajstić information content (AvgIpc) is 3.26. The predicted octanol–water partition coefficient (Wildman–Crippen LogP) is 6.33. The Labute approximate surface area is 218 Å². The molecule has 9 heteroatoms. The van der Waals surface area contributed by atoms with Crippen LogP contribution >= 0.6 is 23.1 Å². The average molecular weight is 524 g/mol. The molecular formula is C27H26ClN3O4S. The van der Waals surface area contributed by atoms with E-state index in [-0.39, 0.29) is 5.92 Å². The van der Waals surface area contributed by atoms with E-state index in [0.29, 0.717) is 30.5 Å². The van der Waals surface area contributed by atoms with Crippen LogP contribution in [0.5, 0.6) is 11.5 Å². The van der Waals surface area contributed by atoms with E-state index >= 15 is 0 Å². The summed E-state index contributed by atoms with van der Waals surface area (Å²) < 4.78 is 17.0. The Hall–Kier alpha value is -3.33. The van der Waals surface area contributed by atoms with E-state index in [2.05, 4.69) is 15.0 Å².